The van der Waals surface area contributed by atoms with Gasteiger partial charge >= 0.3 is 6.09 Å². The smallest absolute Gasteiger partial charge is 0.410 e. The van der Waals surface area contributed by atoms with Crippen LogP contribution in [0.2, 0.25) is 0 Å². The molecule has 2 aliphatic heterocycles. The fourth-order valence-electron chi connectivity index (χ4n) is 6.40. The average molecular weight is 612 g/mol. The summed E-state index contributed by atoms with van der Waals surface area (Å²) in [6.45, 7) is 7.67. The molecule has 2 aromatic rings. The molecule has 0 unspecified atom stereocenters. The molecule has 1 spiro atoms. The van der Waals surface area contributed by atoms with Crippen LogP contribution in [0.5, 0.6) is 5.75 Å². The number of ether oxygens (including phenoxy) is 2. The Balaban J connectivity index is 1.20. The molecule has 13 heteroatoms. The van der Waals surface area contributed by atoms with E-state index in [1.54, 1.807) is 32.6 Å². The number of Topliss-reactive ketones (excluding diaryl/α,β-unsaturated/α-hetero) is 1. The lowest BCUT2D eigenvalue weighted by Crippen LogP contribution is -2.53. The van der Waals surface area contributed by atoms with Gasteiger partial charge in [-0.2, -0.15) is 0 Å². The van der Waals surface area contributed by atoms with Crippen molar-refractivity contribution in [1.82, 2.24) is 20.5 Å². The minimum Gasteiger partial charge on any atom is -0.486 e. The van der Waals surface area contributed by atoms with Gasteiger partial charge < -0.3 is 25.0 Å². The number of nitrogens with one attached hydrogen (secondary N) is 2. The monoisotopic (exact) mass is 611 g/mol. The molecule has 4 aliphatic rings. The number of benzene rings is 1. The minimum absolute atomic E-state index is 0.0111. The summed E-state index contributed by atoms with van der Waals surface area (Å²) in [6.07, 6.45) is 4.27. The van der Waals surface area contributed by atoms with Crippen LogP contribution in [0.25, 0.3) is 0 Å². The summed E-state index contributed by atoms with van der Waals surface area (Å²) in [7, 11) is 0. The van der Waals surface area contributed by atoms with Crippen molar-refractivity contribution in [1.29, 1.82) is 0 Å². The Morgan fingerprint density at radius 2 is 1.75 bits per heavy atom. The van der Waals surface area contributed by atoms with Crippen LogP contribution < -0.4 is 15.4 Å². The molecule has 2 saturated carbocycles. The number of carbonyl (C=O) groups excluding carboxylic acids is 4. The zero-order valence-electron chi connectivity index (χ0n) is 25.4. The number of nitrogens with zero attached hydrogens (tertiary/aromatic N) is 3. The number of piperidine rings is 1. The van der Waals surface area contributed by atoms with E-state index in [2.05, 4.69) is 25.6 Å². The molecule has 236 valence electrons. The summed E-state index contributed by atoms with van der Waals surface area (Å²) in [6, 6.07) is 1.50. The lowest BCUT2D eigenvalue weighted by atomic mass is 9.82. The van der Waals surface area contributed by atoms with Gasteiger partial charge in [-0.1, -0.05) is 5.16 Å². The molecule has 1 aromatic carbocycles. The van der Waals surface area contributed by atoms with E-state index < -0.39 is 41.0 Å². The second-order valence-electron chi connectivity index (χ2n) is 13.6. The van der Waals surface area contributed by atoms with Gasteiger partial charge in [-0.25, -0.2) is 13.8 Å². The highest BCUT2D eigenvalue weighted by Crippen LogP contribution is 2.51. The van der Waals surface area contributed by atoms with Gasteiger partial charge in [0.15, 0.2) is 11.5 Å². The lowest BCUT2D eigenvalue weighted by Gasteiger charge is -2.44. The number of rotatable bonds is 7. The molecule has 44 heavy (non-hydrogen) atoms. The first-order valence-corrected chi connectivity index (χ1v) is 15.3. The van der Waals surface area contributed by atoms with E-state index >= 15 is 4.39 Å². The second-order valence-corrected chi connectivity index (χ2v) is 13.6. The van der Waals surface area contributed by atoms with Gasteiger partial charge in [-0.3, -0.25) is 14.4 Å². The topological polar surface area (TPSA) is 153 Å². The third-order valence-corrected chi connectivity index (χ3v) is 8.92. The number of ketones is 1. The molecule has 3 heterocycles. The maximum atomic E-state index is 15.4. The SMILES string of the molecule is Cc1nonc1C(=O)N[C@H](C(=O)Nc1cc2c(cc1F)C(=O)CC1(CCN(C(=O)OC(C)(C)C)CC1)O2)C(C1CC1)C1CC1. The van der Waals surface area contributed by atoms with Gasteiger partial charge in [-0.05, 0) is 82.4 Å². The fraction of sp³-hybridized carbons (Fsp3) is 0.613. The summed E-state index contributed by atoms with van der Waals surface area (Å²) >= 11 is 0. The molecule has 1 saturated heterocycles. The first-order valence-electron chi connectivity index (χ1n) is 15.3. The number of aromatic nitrogens is 2. The normalized spacial score (nSPS) is 20.1. The maximum Gasteiger partial charge on any atom is 0.410 e. The van der Waals surface area contributed by atoms with E-state index in [1.165, 1.54) is 6.07 Å². The fourth-order valence-corrected chi connectivity index (χ4v) is 6.40. The summed E-state index contributed by atoms with van der Waals surface area (Å²) < 4.78 is 31.9. The Labute approximate surface area is 254 Å². The first-order chi connectivity index (χ1) is 20.8. The van der Waals surface area contributed by atoms with Gasteiger partial charge in [-0.15, -0.1) is 0 Å². The Morgan fingerprint density at radius 1 is 1.09 bits per heavy atom. The van der Waals surface area contributed by atoms with Crippen molar-refractivity contribution in [3.63, 3.8) is 0 Å². The second kappa shape index (κ2) is 11.2. The van der Waals surface area contributed by atoms with Gasteiger partial charge in [0, 0.05) is 32.0 Å². The van der Waals surface area contributed by atoms with E-state index in [-0.39, 0.29) is 52.7 Å². The van der Waals surface area contributed by atoms with E-state index in [9.17, 15) is 19.2 Å². The highest BCUT2D eigenvalue weighted by atomic mass is 19.1. The van der Waals surface area contributed by atoms with Crippen LogP contribution in [-0.4, -0.2) is 69.2 Å². The zero-order valence-corrected chi connectivity index (χ0v) is 25.4. The van der Waals surface area contributed by atoms with Crippen molar-refractivity contribution < 1.29 is 37.7 Å². The van der Waals surface area contributed by atoms with Crippen molar-refractivity contribution in [3.8, 4) is 5.75 Å². The summed E-state index contributed by atoms with van der Waals surface area (Å²) in [4.78, 5) is 54.2. The maximum absolute atomic E-state index is 15.4. The molecule has 12 nitrogen and oxygen atoms in total. The molecule has 3 fully saturated rings. The van der Waals surface area contributed by atoms with Gasteiger partial charge in [0.25, 0.3) is 5.91 Å². The van der Waals surface area contributed by atoms with Crippen LogP contribution in [0.1, 0.15) is 92.3 Å². The number of halogens is 1. The predicted molar refractivity (Wildman–Crippen MR) is 154 cm³/mol. The van der Waals surface area contributed by atoms with Crippen LogP contribution in [0.3, 0.4) is 0 Å². The number of aryl methyl sites for hydroxylation is 1. The number of fused-ring (bicyclic) bond motifs is 1. The molecule has 6 rings (SSSR count). The highest BCUT2D eigenvalue weighted by molar-refractivity contribution is 6.03. The molecule has 3 amide bonds. The van der Waals surface area contributed by atoms with Crippen LogP contribution >= 0.6 is 0 Å². The Hall–Kier alpha value is -4.03. The highest BCUT2D eigenvalue weighted by Gasteiger charge is 2.49. The molecule has 0 bridgehead atoms. The summed E-state index contributed by atoms with van der Waals surface area (Å²) in [5, 5.41) is 12.8. The van der Waals surface area contributed by atoms with Crippen LogP contribution in [0.4, 0.5) is 14.9 Å². The number of carbonyl (C=O) groups is 4. The summed E-state index contributed by atoms with van der Waals surface area (Å²) in [5.74, 6) is -1.54. The molecule has 2 N–H and O–H groups in total. The molecule has 1 atom stereocenters. The Morgan fingerprint density at radius 3 is 2.32 bits per heavy atom. The van der Waals surface area contributed by atoms with Crippen molar-refractivity contribution in [2.24, 2.45) is 17.8 Å². The zero-order chi connectivity index (χ0) is 31.4. The van der Waals surface area contributed by atoms with Crippen LogP contribution in [0, 0.1) is 30.5 Å². The lowest BCUT2D eigenvalue weighted by molar-refractivity contribution is -0.119. The molecule has 2 aliphatic carbocycles. The van der Waals surface area contributed by atoms with Crippen molar-refractivity contribution in [2.75, 3.05) is 18.4 Å². The van der Waals surface area contributed by atoms with Gasteiger partial charge in [0.05, 0.1) is 17.7 Å². The molecular formula is C31H38FN5O7. The third kappa shape index (κ3) is 6.27. The average Bonchev–Trinajstić information content (AvgIpc) is 3.88. The predicted octanol–water partition coefficient (Wildman–Crippen LogP) is 4.43. The van der Waals surface area contributed by atoms with E-state index in [1.807, 2.05) is 0 Å². The molecular weight excluding hydrogens is 573 g/mol. The number of hydrogen-bond acceptors (Lipinski definition) is 9. The number of amides is 3. The van der Waals surface area contributed by atoms with Crippen molar-refractivity contribution in [3.05, 3.63) is 34.9 Å². The standard InChI is InChI=1S/C31H38FN5O7/c1-16-25(36-44-35-16)27(39)34-26(24(17-5-6-17)18-7-8-18)28(40)33-21-14-23-19(13-20(21)32)22(38)15-31(42-23)9-11-37(12-10-31)29(41)43-30(2,3)4/h13-14,17-18,24,26H,5-12,15H2,1-4H3,(H,33,40)(H,34,39)/t26-/m0/s1. The number of hydrogen-bond donors (Lipinski definition) is 2. The van der Waals surface area contributed by atoms with E-state index in [4.69, 9.17) is 9.47 Å². The quantitative estimate of drug-likeness (QED) is 0.463. The molecule has 0 radical (unpaired) electrons. The van der Waals surface area contributed by atoms with Crippen molar-refractivity contribution in [2.45, 2.75) is 89.9 Å². The number of anilines is 1. The Kier molecular flexibility index (Phi) is 7.61. The first kappa shape index (κ1) is 30.0. The van der Waals surface area contributed by atoms with Crippen molar-refractivity contribution >= 4 is 29.4 Å². The summed E-state index contributed by atoms with van der Waals surface area (Å²) in [5.41, 5.74) is -1.24. The van der Waals surface area contributed by atoms with Gasteiger partial charge in [0.1, 0.15) is 34.5 Å². The van der Waals surface area contributed by atoms with Crippen LogP contribution in [0.15, 0.2) is 16.8 Å². The molecule has 1 aromatic heterocycles. The van der Waals surface area contributed by atoms with Gasteiger partial charge in [0.2, 0.25) is 5.91 Å². The largest absolute Gasteiger partial charge is 0.486 e. The Bertz CT molecular complexity index is 1470. The third-order valence-electron chi connectivity index (χ3n) is 8.92. The van der Waals surface area contributed by atoms with E-state index in [0.29, 0.717) is 31.6 Å². The van der Waals surface area contributed by atoms with E-state index in [0.717, 1.165) is 31.7 Å². The van der Waals surface area contributed by atoms with Crippen LogP contribution in [-0.2, 0) is 9.53 Å². The minimum atomic E-state index is -0.930. The number of likely N-dealkylation sites (tertiary alicyclic amines) is 1.